The van der Waals surface area contributed by atoms with Crippen molar-refractivity contribution in [1.29, 1.82) is 0 Å². The molecule has 6 aliphatic rings. The Morgan fingerprint density at radius 2 is 1.71 bits per heavy atom. The van der Waals surface area contributed by atoms with Crippen molar-refractivity contribution in [3.05, 3.63) is 89.0 Å². The van der Waals surface area contributed by atoms with Gasteiger partial charge in [0, 0.05) is 30.6 Å². The Bertz CT molecular complexity index is 1750. The molecular formula is C39H41F3N2O5. The summed E-state index contributed by atoms with van der Waals surface area (Å²) in [5, 5.41) is 13.0. The number of benzene rings is 3. The number of piperidine rings is 1. The lowest BCUT2D eigenvalue weighted by Crippen LogP contribution is -2.78. The molecule has 4 fully saturated rings. The first kappa shape index (κ1) is 31.2. The van der Waals surface area contributed by atoms with Gasteiger partial charge in [0.1, 0.15) is 18.5 Å². The second-order valence-electron chi connectivity index (χ2n) is 15.1. The van der Waals surface area contributed by atoms with Crippen LogP contribution < -0.4 is 14.2 Å². The Kier molecular flexibility index (Phi) is 7.26. The normalized spacial score (nSPS) is 31.8. The monoisotopic (exact) mass is 674 g/mol. The highest BCUT2D eigenvalue weighted by molar-refractivity contribution is 5.82. The number of amides is 1. The fourth-order valence-electron chi connectivity index (χ4n) is 10.0. The third-order valence-corrected chi connectivity index (χ3v) is 12.3. The first-order chi connectivity index (χ1) is 23.6. The maximum atomic E-state index is 14.1. The quantitative estimate of drug-likeness (QED) is 0.292. The molecule has 2 bridgehead atoms. The van der Waals surface area contributed by atoms with Crippen molar-refractivity contribution >= 4 is 5.91 Å². The maximum Gasteiger partial charge on any atom is 0.573 e. The van der Waals surface area contributed by atoms with Crippen LogP contribution in [0.4, 0.5) is 13.2 Å². The highest BCUT2D eigenvalue weighted by atomic mass is 19.4. The van der Waals surface area contributed by atoms with Gasteiger partial charge in [0.25, 0.3) is 0 Å². The molecule has 2 saturated heterocycles. The molecular weight excluding hydrogens is 633 g/mol. The number of hydrogen-bond donors (Lipinski definition) is 1. The number of carbonyl (C=O) groups is 1. The van der Waals surface area contributed by atoms with Crippen LogP contribution in [0.25, 0.3) is 0 Å². The maximum absolute atomic E-state index is 14.1. The summed E-state index contributed by atoms with van der Waals surface area (Å²) in [6, 6.07) is 19.8. The van der Waals surface area contributed by atoms with Crippen molar-refractivity contribution in [2.75, 3.05) is 19.6 Å². The van der Waals surface area contributed by atoms with Gasteiger partial charge >= 0.3 is 6.36 Å². The number of likely N-dealkylation sites (tertiary alicyclic amines) is 2. The molecule has 2 saturated carbocycles. The van der Waals surface area contributed by atoms with Gasteiger partial charge < -0.3 is 24.2 Å². The van der Waals surface area contributed by atoms with E-state index < -0.39 is 23.5 Å². The Hall–Kier alpha value is -3.76. The molecule has 49 heavy (non-hydrogen) atoms. The van der Waals surface area contributed by atoms with Crippen LogP contribution in [0.5, 0.6) is 17.2 Å². The summed E-state index contributed by atoms with van der Waals surface area (Å²) >= 11 is 0. The lowest BCUT2D eigenvalue weighted by Gasteiger charge is -2.64. The molecule has 7 nitrogen and oxygen atoms in total. The summed E-state index contributed by atoms with van der Waals surface area (Å²) in [6.45, 7) is 2.88. The summed E-state index contributed by atoms with van der Waals surface area (Å²) in [5.41, 5.74) is 2.51. The van der Waals surface area contributed by atoms with E-state index in [0.717, 1.165) is 48.4 Å². The van der Waals surface area contributed by atoms with Crippen LogP contribution in [0.2, 0.25) is 0 Å². The van der Waals surface area contributed by atoms with Crippen LogP contribution in [0, 0.1) is 11.8 Å². The van der Waals surface area contributed by atoms with Gasteiger partial charge in [-0.05, 0) is 98.7 Å². The van der Waals surface area contributed by atoms with E-state index in [-0.39, 0.29) is 29.7 Å². The predicted octanol–water partition coefficient (Wildman–Crippen LogP) is 6.19. The molecule has 1 N–H and O–H groups in total. The molecule has 1 spiro atoms. The highest BCUT2D eigenvalue weighted by Crippen LogP contribution is 2.66. The number of carbonyl (C=O) groups excluding carboxylic acids is 1. The number of alkyl halides is 3. The number of nitrogens with zero attached hydrogens (tertiary/aromatic N) is 2. The average Bonchev–Trinajstić information content (AvgIpc) is 3.73. The van der Waals surface area contributed by atoms with Crippen molar-refractivity contribution in [3.8, 4) is 17.2 Å². The summed E-state index contributed by atoms with van der Waals surface area (Å²) in [5.74, 6) is 1.60. The van der Waals surface area contributed by atoms with E-state index in [4.69, 9.17) is 9.47 Å². The van der Waals surface area contributed by atoms with E-state index >= 15 is 0 Å². The minimum absolute atomic E-state index is 0.00485. The molecule has 1 unspecified atom stereocenters. The third kappa shape index (κ3) is 5.11. The minimum Gasteiger partial charge on any atom is -0.485 e. The van der Waals surface area contributed by atoms with Crippen LogP contribution in [0.1, 0.15) is 60.8 Å². The van der Waals surface area contributed by atoms with Gasteiger partial charge in [-0.2, -0.15) is 0 Å². The van der Waals surface area contributed by atoms with Crippen LogP contribution in [-0.4, -0.2) is 70.6 Å². The standard InChI is InChI=1S/C39H41F3N2O5/c40-39(41,42)49-29-11-8-24(9-12-29)20-28-15-18-44(36(28)45)30-14-16-38(46)32-21-27-10-13-31(47-23-26-4-2-1-3-5-26)34-33(27)37(38,35(30)48-34)17-19-43(32)22-25-6-7-25/h1-5,8-13,25,28,30,32,35,46H,6-7,14-23H2/t28?,30-,32-,35-,37-,38+/m0/s1. The van der Waals surface area contributed by atoms with E-state index in [9.17, 15) is 23.1 Å². The minimum atomic E-state index is -4.75. The van der Waals surface area contributed by atoms with Crippen molar-refractivity contribution in [2.45, 2.75) is 93.5 Å². The molecule has 3 aliphatic heterocycles. The van der Waals surface area contributed by atoms with E-state index in [2.05, 4.69) is 15.7 Å². The Balaban J connectivity index is 1.02. The largest absolute Gasteiger partial charge is 0.573 e. The molecule has 0 radical (unpaired) electrons. The molecule has 0 aromatic heterocycles. The fraction of sp³-hybridized carbons (Fsp3) is 0.513. The number of rotatable bonds is 9. The Morgan fingerprint density at radius 3 is 2.47 bits per heavy atom. The number of ether oxygens (including phenoxy) is 3. The molecule has 3 heterocycles. The van der Waals surface area contributed by atoms with Crippen LogP contribution in [0.3, 0.4) is 0 Å². The first-order valence-electron chi connectivity index (χ1n) is 17.7. The second kappa shape index (κ2) is 11.4. The van der Waals surface area contributed by atoms with Gasteiger partial charge in [-0.15, -0.1) is 13.2 Å². The third-order valence-electron chi connectivity index (χ3n) is 12.3. The molecule has 10 heteroatoms. The summed E-state index contributed by atoms with van der Waals surface area (Å²) in [4.78, 5) is 18.7. The van der Waals surface area contributed by atoms with Gasteiger partial charge in [-0.3, -0.25) is 9.69 Å². The summed E-state index contributed by atoms with van der Waals surface area (Å²) in [7, 11) is 0. The first-order valence-corrected chi connectivity index (χ1v) is 17.7. The molecule has 9 rings (SSSR count). The summed E-state index contributed by atoms with van der Waals surface area (Å²) in [6.07, 6.45) is 1.21. The van der Waals surface area contributed by atoms with Gasteiger partial charge in [0.2, 0.25) is 5.91 Å². The van der Waals surface area contributed by atoms with E-state index in [1.54, 1.807) is 12.1 Å². The molecule has 3 aliphatic carbocycles. The van der Waals surface area contributed by atoms with Gasteiger partial charge in [0.15, 0.2) is 11.5 Å². The molecule has 3 aromatic rings. The van der Waals surface area contributed by atoms with Crippen LogP contribution in [0.15, 0.2) is 66.7 Å². The Labute approximate surface area is 283 Å². The van der Waals surface area contributed by atoms with Crippen molar-refractivity contribution in [2.24, 2.45) is 11.8 Å². The molecule has 6 atom stereocenters. The smallest absolute Gasteiger partial charge is 0.485 e. The topological polar surface area (TPSA) is 71.5 Å². The van der Waals surface area contributed by atoms with Crippen molar-refractivity contribution in [3.63, 3.8) is 0 Å². The zero-order valence-corrected chi connectivity index (χ0v) is 27.3. The van der Waals surface area contributed by atoms with Gasteiger partial charge in [0.05, 0.1) is 17.1 Å². The molecule has 258 valence electrons. The van der Waals surface area contributed by atoms with Gasteiger partial charge in [-0.1, -0.05) is 48.5 Å². The lowest BCUT2D eigenvalue weighted by atomic mass is 9.48. The highest BCUT2D eigenvalue weighted by Gasteiger charge is 2.74. The molecule has 1 amide bonds. The van der Waals surface area contributed by atoms with E-state index in [1.165, 1.54) is 30.5 Å². The SMILES string of the molecule is O=C1C(Cc2ccc(OC(F)(F)F)cc2)CCN1[C@H]1CC[C@@]2(O)[C@@H]3Cc4ccc(OCc5ccccc5)c5c4[C@@]2(CCN3CC2CC2)[C@H]1O5. The van der Waals surface area contributed by atoms with E-state index in [0.29, 0.717) is 50.5 Å². The Morgan fingerprint density at radius 1 is 0.918 bits per heavy atom. The number of halogens is 3. The zero-order chi connectivity index (χ0) is 33.5. The zero-order valence-electron chi connectivity index (χ0n) is 27.3. The molecule has 3 aromatic carbocycles. The fourth-order valence-corrected chi connectivity index (χ4v) is 10.0. The van der Waals surface area contributed by atoms with Gasteiger partial charge in [-0.25, -0.2) is 0 Å². The second-order valence-corrected chi connectivity index (χ2v) is 15.1. The van der Waals surface area contributed by atoms with Crippen molar-refractivity contribution in [1.82, 2.24) is 9.80 Å². The average molecular weight is 675 g/mol. The lowest BCUT2D eigenvalue weighted by molar-refractivity contribution is -0.274. The van der Waals surface area contributed by atoms with Crippen LogP contribution in [-0.2, 0) is 29.7 Å². The predicted molar refractivity (Wildman–Crippen MR) is 174 cm³/mol. The number of hydrogen-bond acceptors (Lipinski definition) is 6. The van der Waals surface area contributed by atoms with E-state index in [1.807, 2.05) is 41.3 Å². The van der Waals surface area contributed by atoms with Crippen molar-refractivity contribution < 1.29 is 37.3 Å². The van der Waals surface area contributed by atoms with Crippen LogP contribution >= 0.6 is 0 Å². The number of aliphatic hydroxyl groups is 1. The summed E-state index contributed by atoms with van der Waals surface area (Å²) < 4.78 is 55.5.